The van der Waals surface area contributed by atoms with Gasteiger partial charge in [-0.05, 0) is 38.4 Å². The standard InChI is InChI=1S/C17H25N3O5S/c1-12(17(21)19-13-4-2-7-18-11-13)20-26(22,23)14-5-6-15-16(10-14)25-9-3-8-24-15/h5-6,10,12-13,18,20H,2-4,7-9,11H2,1H3,(H,19,21). The fourth-order valence-corrected chi connectivity index (χ4v) is 4.18. The van der Waals surface area contributed by atoms with Crippen molar-refractivity contribution in [1.29, 1.82) is 0 Å². The van der Waals surface area contributed by atoms with Crippen molar-refractivity contribution in [2.75, 3.05) is 26.3 Å². The summed E-state index contributed by atoms with van der Waals surface area (Å²) in [5, 5.41) is 6.09. The van der Waals surface area contributed by atoms with Crippen molar-refractivity contribution in [3.8, 4) is 11.5 Å². The highest BCUT2D eigenvalue weighted by atomic mass is 32.2. The predicted octanol–water partition coefficient (Wildman–Crippen LogP) is 0.383. The summed E-state index contributed by atoms with van der Waals surface area (Å²) in [5.74, 6) is 0.587. The number of hydrogen-bond acceptors (Lipinski definition) is 6. The van der Waals surface area contributed by atoms with Crippen LogP contribution in [0.4, 0.5) is 0 Å². The Labute approximate surface area is 153 Å². The van der Waals surface area contributed by atoms with E-state index < -0.39 is 16.1 Å². The Bertz CT molecular complexity index is 747. The van der Waals surface area contributed by atoms with Gasteiger partial charge in [-0.3, -0.25) is 4.79 Å². The van der Waals surface area contributed by atoms with E-state index in [1.807, 2.05) is 0 Å². The molecular weight excluding hydrogens is 358 g/mol. The minimum absolute atomic E-state index is 0.0289. The van der Waals surface area contributed by atoms with Gasteiger partial charge < -0.3 is 20.1 Å². The van der Waals surface area contributed by atoms with E-state index in [1.54, 1.807) is 6.07 Å². The lowest BCUT2D eigenvalue weighted by molar-refractivity contribution is -0.123. The second-order valence-corrected chi connectivity index (χ2v) is 8.27. The van der Waals surface area contributed by atoms with Gasteiger partial charge in [0.2, 0.25) is 15.9 Å². The van der Waals surface area contributed by atoms with Gasteiger partial charge in [0.15, 0.2) is 11.5 Å². The molecule has 1 aromatic rings. The third kappa shape index (κ3) is 4.66. The monoisotopic (exact) mass is 383 g/mol. The molecule has 1 aromatic carbocycles. The molecule has 26 heavy (non-hydrogen) atoms. The molecule has 9 heteroatoms. The van der Waals surface area contributed by atoms with Crippen molar-refractivity contribution in [2.24, 2.45) is 0 Å². The molecule has 1 saturated heterocycles. The number of carbonyl (C=O) groups is 1. The van der Waals surface area contributed by atoms with Crippen LogP contribution in [0.1, 0.15) is 26.2 Å². The van der Waals surface area contributed by atoms with Crippen molar-refractivity contribution >= 4 is 15.9 Å². The Kier molecular flexibility index (Phi) is 6.00. The minimum atomic E-state index is -3.85. The van der Waals surface area contributed by atoms with Crippen LogP contribution < -0.4 is 24.8 Å². The lowest BCUT2D eigenvalue weighted by atomic mass is 10.1. The molecular formula is C17H25N3O5S. The number of benzene rings is 1. The molecule has 2 aliphatic heterocycles. The van der Waals surface area contributed by atoms with Gasteiger partial charge in [-0.1, -0.05) is 0 Å². The first-order chi connectivity index (χ1) is 12.5. The van der Waals surface area contributed by atoms with Crippen LogP contribution in [-0.4, -0.2) is 52.7 Å². The van der Waals surface area contributed by atoms with Crippen molar-refractivity contribution in [3.63, 3.8) is 0 Å². The van der Waals surface area contributed by atoms with E-state index in [4.69, 9.17) is 9.47 Å². The van der Waals surface area contributed by atoms with Crippen LogP contribution in [0.25, 0.3) is 0 Å². The van der Waals surface area contributed by atoms with Gasteiger partial charge >= 0.3 is 0 Å². The van der Waals surface area contributed by atoms with Crippen LogP contribution in [0.2, 0.25) is 0 Å². The molecule has 0 aromatic heterocycles. The van der Waals surface area contributed by atoms with Crippen LogP contribution in [-0.2, 0) is 14.8 Å². The zero-order valence-corrected chi connectivity index (χ0v) is 15.6. The maximum atomic E-state index is 12.6. The number of fused-ring (bicyclic) bond motifs is 1. The molecule has 3 N–H and O–H groups in total. The number of ether oxygens (including phenoxy) is 2. The van der Waals surface area contributed by atoms with E-state index >= 15 is 0 Å². The Balaban J connectivity index is 1.65. The largest absolute Gasteiger partial charge is 0.490 e. The fourth-order valence-electron chi connectivity index (χ4n) is 2.97. The van der Waals surface area contributed by atoms with E-state index in [-0.39, 0.29) is 16.8 Å². The fraction of sp³-hybridized carbons (Fsp3) is 0.588. The Morgan fingerprint density at radius 3 is 2.73 bits per heavy atom. The van der Waals surface area contributed by atoms with Crippen LogP contribution in [0.3, 0.4) is 0 Å². The average Bonchev–Trinajstić information content (AvgIpc) is 2.87. The average molecular weight is 383 g/mol. The summed E-state index contributed by atoms with van der Waals surface area (Å²) in [4.78, 5) is 12.3. The second kappa shape index (κ2) is 8.24. The van der Waals surface area contributed by atoms with Crippen molar-refractivity contribution < 1.29 is 22.7 Å². The third-order valence-corrected chi connectivity index (χ3v) is 5.94. The van der Waals surface area contributed by atoms with Gasteiger partial charge in [-0.2, -0.15) is 4.72 Å². The Morgan fingerprint density at radius 2 is 2.00 bits per heavy atom. The van der Waals surface area contributed by atoms with Crippen LogP contribution in [0.15, 0.2) is 23.1 Å². The maximum Gasteiger partial charge on any atom is 0.241 e. The first kappa shape index (κ1) is 18.9. The smallest absolute Gasteiger partial charge is 0.241 e. The Morgan fingerprint density at radius 1 is 1.23 bits per heavy atom. The summed E-state index contributed by atoms with van der Waals surface area (Å²) in [6.07, 6.45) is 2.62. The summed E-state index contributed by atoms with van der Waals surface area (Å²) in [7, 11) is -3.85. The van der Waals surface area contributed by atoms with Gasteiger partial charge in [0.1, 0.15) is 0 Å². The molecule has 0 radical (unpaired) electrons. The first-order valence-electron chi connectivity index (χ1n) is 8.89. The quantitative estimate of drug-likeness (QED) is 0.679. The number of nitrogens with one attached hydrogen (secondary N) is 3. The number of carbonyl (C=O) groups excluding carboxylic acids is 1. The molecule has 0 saturated carbocycles. The van der Waals surface area contributed by atoms with Crippen LogP contribution in [0.5, 0.6) is 11.5 Å². The highest BCUT2D eigenvalue weighted by Crippen LogP contribution is 2.31. The number of hydrogen-bond donors (Lipinski definition) is 3. The van der Waals surface area contributed by atoms with Gasteiger partial charge in [-0.15, -0.1) is 0 Å². The van der Waals surface area contributed by atoms with Gasteiger partial charge in [0.25, 0.3) is 0 Å². The van der Waals surface area contributed by atoms with E-state index in [9.17, 15) is 13.2 Å². The lowest BCUT2D eigenvalue weighted by Crippen LogP contribution is -2.52. The van der Waals surface area contributed by atoms with Crippen molar-refractivity contribution in [2.45, 2.75) is 43.2 Å². The van der Waals surface area contributed by atoms with E-state index in [0.29, 0.717) is 31.3 Å². The molecule has 3 rings (SSSR count). The molecule has 2 aliphatic rings. The van der Waals surface area contributed by atoms with Crippen LogP contribution in [0, 0.1) is 0 Å². The second-order valence-electron chi connectivity index (χ2n) is 6.55. The molecule has 2 atom stereocenters. The molecule has 2 heterocycles. The highest BCUT2D eigenvalue weighted by molar-refractivity contribution is 7.89. The topological polar surface area (TPSA) is 106 Å². The maximum absolute atomic E-state index is 12.6. The summed E-state index contributed by atoms with van der Waals surface area (Å²) in [6, 6.07) is 3.61. The zero-order valence-electron chi connectivity index (χ0n) is 14.8. The molecule has 0 bridgehead atoms. The number of sulfonamides is 1. The first-order valence-corrected chi connectivity index (χ1v) is 10.4. The summed E-state index contributed by atoms with van der Waals surface area (Å²) in [5.41, 5.74) is 0. The number of amides is 1. The van der Waals surface area contributed by atoms with Crippen LogP contribution >= 0.6 is 0 Å². The summed E-state index contributed by atoms with van der Waals surface area (Å²) in [6.45, 7) is 4.18. The molecule has 8 nitrogen and oxygen atoms in total. The van der Waals surface area contributed by atoms with Gasteiger partial charge in [-0.25, -0.2) is 8.42 Å². The lowest BCUT2D eigenvalue weighted by Gasteiger charge is -2.25. The Hall–Kier alpha value is -1.84. The molecule has 1 amide bonds. The summed E-state index contributed by atoms with van der Waals surface area (Å²) < 4.78 is 38.7. The van der Waals surface area contributed by atoms with Gasteiger partial charge in [0, 0.05) is 25.1 Å². The minimum Gasteiger partial charge on any atom is -0.490 e. The van der Waals surface area contributed by atoms with E-state index in [2.05, 4.69) is 15.4 Å². The number of piperidine rings is 1. The van der Waals surface area contributed by atoms with Crippen molar-refractivity contribution in [1.82, 2.24) is 15.4 Å². The highest BCUT2D eigenvalue weighted by Gasteiger charge is 2.25. The predicted molar refractivity (Wildman–Crippen MR) is 95.9 cm³/mol. The summed E-state index contributed by atoms with van der Waals surface area (Å²) >= 11 is 0. The molecule has 0 spiro atoms. The SMILES string of the molecule is CC(NS(=O)(=O)c1ccc2c(c1)OCCCO2)C(=O)NC1CCCNC1. The molecule has 144 valence electrons. The molecule has 0 aliphatic carbocycles. The van der Waals surface area contributed by atoms with E-state index in [0.717, 1.165) is 25.8 Å². The van der Waals surface area contributed by atoms with E-state index in [1.165, 1.54) is 19.1 Å². The van der Waals surface area contributed by atoms with Crippen molar-refractivity contribution in [3.05, 3.63) is 18.2 Å². The van der Waals surface area contributed by atoms with Gasteiger partial charge in [0.05, 0.1) is 24.2 Å². The zero-order chi connectivity index (χ0) is 18.6. The molecule has 2 unspecified atom stereocenters. The number of rotatable bonds is 5. The molecule has 1 fully saturated rings. The third-order valence-electron chi connectivity index (χ3n) is 4.40. The normalized spacial score (nSPS) is 21.5.